The number of hydrogen-bond acceptors (Lipinski definition) is 8. The molecule has 0 amide bonds. The van der Waals surface area contributed by atoms with Gasteiger partial charge in [-0.15, -0.1) is 0 Å². The summed E-state index contributed by atoms with van der Waals surface area (Å²) in [5.41, 5.74) is -0.866. The highest BCUT2D eigenvalue weighted by molar-refractivity contribution is 5.45. The molecule has 8 heteroatoms. The van der Waals surface area contributed by atoms with E-state index >= 15 is 0 Å². The third kappa shape index (κ3) is 3.26. The van der Waals surface area contributed by atoms with E-state index in [9.17, 15) is 10.2 Å². The van der Waals surface area contributed by atoms with E-state index in [1.807, 2.05) is 0 Å². The Morgan fingerprint density at radius 3 is 2.25 bits per heavy atom. The number of aliphatic hydroxyl groups is 2. The van der Waals surface area contributed by atoms with Crippen molar-refractivity contribution in [2.75, 3.05) is 48.9 Å². The SMILES string of the molecule is CNc1nc(NC(C)(CO)CO)nc(N2CCCC2)n1. The first-order valence-electron chi connectivity index (χ1n) is 6.79. The molecule has 0 aliphatic carbocycles. The average molecular weight is 282 g/mol. The van der Waals surface area contributed by atoms with Crippen LogP contribution in [0.1, 0.15) is 19.8 Å². The highest BCUT2D eigenvalue weighted by Gasteiger charge is 2.25. The summed E-state index contributed by atoms with van der Waals surface area (Å²) in [6, 6.07) is 0. The van der Waals surface area contributed by atoms with Crippen molar-refractivity contribution in [3.8, 4) is 0 Å². The third-order valence-electron chi connectivity index (χ3n) is 3.35. The van der Waals surface area contributed by atoms with Crippen molar-refractivity contribution in [1.82, 2.24) is 15.0 Å². The van der Waals surface area contributed by atoms with E-state index in [0.29, 0.717) is 17.8 Å². The van der Waals surface area contributed by atoms with E-state index in [1.54, 1.807) is 14.0 Å². The predicted molar refractivity (Wildman–Crippen MR) is 77.0 cm³/mol. The van der Waals surface area contributed by atoms with Crippen LogP contribution in [0, 0.1) is 0 Å². The minimum absolute atomic E-state index is 0.219. The second kappa shape index (κ2) is 6.19. The fourth-order valence-corrected chi connectivity index (χ4v) is 1.99. The number of anilines is 3. The minimum Gasteiger partial charge on any atom is -0.394 e. The molecule has 0 spiro atoms. The Labute approximate surface area is 118 Å². The number of rotatable bonds is 6. The maximum Gasteiger partial charge on any atom is 0.231 e. The summed E-state index contributed by atoms with van der Waals surface area (Å²) in [6.45, 7) is 3.13. The van der Waals surface area contributed by atoms with Crippen LogP contribution in [0.4, 0.5) is 17.8 Å². The lowest BCUT2D eigenvalue weighted by Crippen LogP contribution is -2.43. The van der Waals surface area contributed by atoms with E-state index in [1.165, 1.54) is 0 Å². The van der Waals surface area contributed by atoms with Gasteiger partial charge in [-0.3, -0.25) is 0 Å². The molecular formula is C12H22N6O2. The maximum atomic E-state index is 9.33. The second-order valence-electron chi connectivity index (χ2n) is 5.23. The molecule has 1 saturated heterocycles. The average Bonchev–Trinajstić information content (AvgIpc) is 3.01. The van der Waals surface area contributed by atoms with Crippen LogP contribution in [0.5, 0.6) is 0 Å². The Bertz CT molecular complexity index is 446. The maximum absolute atomic E-state index is 9.33. The van der Waals surface area contributed by atoms with Gasteiger partial charge in [0.25, 0.3) is 0 Å². The molecule has 112 valence electrons. The standard InChI is InChI=1S/C12H22N6O2/c1-12(7-19,8-20)17-10-14-9(13-2)15-11(16-10)18-5-3-4-6-18/h19-20H,3-8H2,1-2H3,(H2,13,14,15,16,17). The Kier molecular flexibility index (Phi) is 4.56. The van der Waals surface area contributed by atoms with Crippen LogP contribution in [-0.4, -0.2) is 64.1 Å². The molecule has 20 heavy (non-hydrogen) atoms. The quantitative estimate of drug-likeness (QED) is 0.562. The zero-order valence-corrected chi connectivity index (χ0v) is 11.9. The molecule has 1 aliphatic heterocycles. The predicted octanol–water partition coefficient (Wildman–Crippen LogP) is -0.331. The van der Waals surface area contributed by atoms with Gasteiger partial charge in [-0.1, -0.05) is 0 Å². The lowest BCUT2D eigenvalue weighted by molar-refractivity contribution is 0.147. The van der Waals surface area contributed by atoms with Crippen molar-refractivity contribution in [3.05, 3.63) is 0 Å². The third-order valence-corrected chi connectivity index (χ3v) is 3.35. The van der Waals surface area contributed by atoms with Gasteiger partial charge >= 0.3 is 0 Å². The van der Waals surface area contributed by atoms with Gasteiger partial charge in [-0.2, -0.15) is 15.0 Å². The van der Waals surface area contributed by atoms with E-state index in [-0.39, 0.29) is 13.2 Å². The van der Waals surface area contributed by atoms with Gasteiger partial charge in [0.1, 0.15) is 0 Å². The highest BCUT2D eigenvalue weighted by atomic mass is 16.3. The van der Waals surface area contributed by atoms with Crippen LogP contribution in [0.15, 0.2) is 0 Å². The highest BCUT2D eigenvalue weighted by Crippen LogP contribution is 2.20. The summed E-state index contributed by atoms with van der Waals surface area (Å²) in [5.74, 6) is 1.42. The molecule has 4 N–H and O–H groups in total. The fraction of sp³-hybridized carbons (Fsp3) is 0.750. The molecule has 0 aromatic carbocycles. The van der Waals surface area contributed by atoms with Crippen molar-refractivity contribution in [1.29, 1.82) is 0 Å². The van der Waals surface area contributed by atoms with Gasteiger partial charge in [0.15, 0.2) is 0 Å². The Morgan fingerprint density at radius 2 is 1.70 bits per heavy atom. The van der Waals surface area contributed by atoms with Crippen molar-refractivity contribution >= 4 is 17.8 Å². The van der Waals surface area contributed by atoms with E-state index in [4.69, 9.17) is 0 Å². The molecule has 8 nitrogen and oxygen atoms in total. The minimum atomic E-state index is -0.866. The lowest BCUT2D eigenvalue weighted by Gasteiger charge is -2.26. The van der Waals surface area contributed by atoms with E-state index < -0.39 is 5.54 Å². The van der Waals surface area contributed by atoms with Gasteiger partial charge in [-0.25, -0.2) is 0 Å². The van der Waals surface area contributed by atoms with Gasteiger partial charge in [0.05, 0.1) is 18.8 Å². The smallest absolute Gasteiger partial charge is 0.231 e. The van der Waals surface area contributed by atoms with Crippen LogP contribution in [-0.2, 0) is 0 Å². The first kappa shape index (κ1) is 14.7. The van der Waals surface area contributed by atoms with Crippen molar-refractivity contribution in [2.45, 2.75) is 25.3 Å². The first-order chi connectivity index (χ1) is 9.60. The van der Waals surface area contributed by atoms with Gasteiger partial charge in [0.2, 0.25) is 17.8 Å². The number of hydrogen-bond donors (Lipinski definition) is 4. The summed E-state index contributed by atoms with van der Waals surface area (Å²) in [6.07, 6.45) is 2.27. The number of aromatic nitrogens is 3. The summed E-state index contributed by atoms with van der Waals surface area (Å²) in [5, 5.41) is 24.5. The van der Waals surface area contributed by atoms with Gasteiger partial charge in [-0.05, 0) is 19.8 Å². The second-order valence-corrected chi connectivity index (χ2v) is 5.23. The molecular weight excluding hydrogens is 260 g/mol. The van der Waals surface area contributed by atoms with Gasteiger partial charge < -0.3 is 25.7 Å². The molecule has 0 bridgehead atoms. The molecule has 1 aromatic heterocycles. The van der Waals surface area contributed by atoms with E-state index in [2.05, 4.69) is 30.5 Å². The summed E-state index contributed by atoms with van der Waals surface area (Å²) >= 11 is 0. The van der Waals surface area contributed by atoms with Crippen LogP contribution in [0.25, 0.3) is 0 Å². The van der Waals surface area contributed by atoms with E-state index in [0.717, 1.165) is 25.9 Å². The molecule has 0 saturated carbocycles. The molecule has 1 aromatic rings. The first-order valence-corrected chi connectivity index (χ1v) is 6.79. The van der Waals surface area contributed by atoms with Crippen LogP contribution < -0.4 is 15.5 Å². The molecule has 0 radical (unpaired) electrons. The monoisotopic (exact) mass is 282 g/mol. The molecule has 1 aliphatic rings. The van der Waals surface area contributed by atoms with Crippen molar-refractivity contribution in [2.24, 2.45) is 0 Å². The van der Waals surface area contributed by atoms with Crippen LogP contribution >= 0.6 is 0 Å². The Morgan fingerprint density at radius 1 is 1.10 bits per heavy atom. The molecule has 1 fully saturated rings. The number of aliphatic hydroxyl groups excluding tert-OH is 2. The zero-order valence-electron chi connectivity index (χ0n) is 11.9. The summed E-state index contributed by atoms with van der Waals surface area (Å²) < 4.78 is 0. The Hall–Kier alpha value is -1.67. The molecule has 2 rings (SSSR count). The number of nitrogens with one attached hydrogen (secondary N) is 2. The topological polar surface area (TPSA) is 106 Å². The van der Waals surface area contributed by atoms with Gasteiger partial charge in [0, 0.05) is 20.1 Å². The summed E-state index contributed by atoms with van der Waals surface area (Å²) in [7, 11) is 1.74. The molecule has 0 unspecified atom stereocenters. The normalized spacial score (nSPS) is 15.5. The van der Waals surface area contributed by atoms with Crippen molar-refractivity contribution < 1.29 is 10.2 Å². The number of nitrogens with zero attached hydrogens (tertiary/aromatic N) is 4. The molecule has 2 heterocycles. The van der Waals surface area contributed by atoms with Crippen LogP contribution in [0.2, 0.25) is 0 Å². The summed E-state index contributed by atoms with van der Waals surface area (Å²) in [4.78, 5) is 15.0. The lowest BCUT2D eigenvalue weighted by atomic mass is 10.1. The van der Waals surface area contributed by atoms with Crippen LogP contribution in [0.3, 0.4) is 0 Å². The zero-order chi connectivity index (χ0) is 14.6. The fourth-order valence-electron chi connectivity index (χ4n) is 1.99. The molecule has 0 atom stereocenters. The van der Waals surface area contributed by atoms with Crippen molar-refractivity contribution in [3.63, 3.8) is 0 Å². The Balaban J connectivity index is 2.25. The largest absolute Gasteiger partial charge is 0.394 e.